The van der Waals surface area contributed by atoms with Crippen molar-refractivity contribution in [3.05, 3.63) is 48.2 Å². The van der Waals surface area contributed by atoms with Gasteiger partial charge in [0.1, 0.15) is 0 Å². The lowest BCUT2D eigenvalue weighted by atomic mass is 10.1. The van der Waals surface area contributed by atoms with Crippen LogP contribution in [0.4, 0.5) is 5.82 Å². The van der Waals surface area contributed by atoms with E-state index in [9.17, 15) is 4.79 Å². The Morgan fingerprint density at radius 2 is 2.09 bits per heavy atom. The molecule has 1 amide bonds. The Bertz CT molecular complexity index is 885. The Morgan fingerprint density at radius 3 is 2.87 bits per heavy atom. The van der Waals surface area contributed by atoms with Gasteiger partial charge >= 0.3 is 0 Å². The van der Waals surface area contributed by atoms with Crippen molar-refractivity contribution in [1.82, 2.24) is 19.7 Å². The second-order valence-electron chi connectivity index (χ2n) is 5.50. The number of rotatable bonds is 2. The molecule has 2 aromatic heterocycles. The lowest BCUT2D eigenvalue weighted by Crippen LogP contribution is -2.14. The molecule has 114 valence electrons. The zero-order valence-corrected chi connectivity index (χ0v) is 12.7. The van der Waals surface area contributed by atoms with E-state index >= 15 is 0 Å². The minimum atomic E-state index is -0.131. The van der Waals surface area contributed by atoms with Crippen LogP contribution in [-0.4, -0.2) is 25.7 Å². The molecule has 0 saturated carbocycles. The summed E-state index contributed by atoms with van der Waals surface area (Å²) in [4.78, 5) is 20.4. The molecule has 6 heteroatoms. The molecule has 1 N–H and O–H groups in total. The van der Waals surface area contributed by atoms with E-state index in [4.69, 9.17) is 4.98 Å². The molecule has 1 aliphatic rings. The molecule has 6 nitrogen and oxygen atoms in total. The number of benzene rings is 1. The fourth-order valence-electron chi connectivity index (χ4n) is 2.78. The molecule has 0 saturated heterocycles. The normalized spacial score (nSPS) is 12.4. The lowest BCUT2D eigenvalue weighted by Gasteiger charge is -2.17. The summed E-state index contributed by atoms with van der Waals surface area (Å²) in [6, 6.07) is 11.8. The van der Waals surface area contributed by atoms with Crippen molar-refractivity contribution in [3.8, 4) is 22.8 Å². The van der Waals surface area contributed by atoms with Crippen LogP contribution in [0.25, 0.3) is 22.8 Å². The molecule has 0 spiro atoms. The fraction of sp³-hybridized carbons (Fsp3) is 0.176. The number of hydrogen-bond donors (Lipinski definition) is 1. The first-order valence-corrected chi connectivity index (χ1v) is 7.48. The highest BCUT2D eigenvalue weighted by Crippen LogP contribution is 2.30. The van der Waals surface area contributed by atoms with Crippen LogP contribution in [0.2, 0.25) is 0 Å². The van der Waals surface area contributed by atoms with Crippen LogP contribution in [0, 0.1) is 0 Å². The van der Waals surface area contributed by atoms with Crippen LogP contribution in [0.15, 0.2) is 42.6 Å². The predicted octanol–water partition coefficient (Wildman–Crippen LogP) is 2.52. The number of aromatic nitrogens is 4. The van der Waals surface area contributed by atoms with Crippen molar-refractivity contribution >= 4 is 11.7 Å². The standard InChI is InChI=1S/C17H15N5O/c1-11(23)19-15-9-14-16-13(7-8-22(14)21-15)10-18-17(20-16)12-5-3-2-4-6-12/h2-6,9-10H,7-8H2,1H3,(H,19,21,23). The van der Waals surface area contributed by atoms with Crippen molar-refractivity contribution in [3.63, 3.8) is 0 Å². The maximum atomic E-state index is 11.2. The SMILES string of the molecule is CC(=O)Nc1cc2n(n1)CCc1cnc(-c3ccccc3)nc1-2. The summed E-state index contributed by atoms with van der Waals surface area (Å²) in [5.41, 5.74) is 3.88. The van der Waals surface area contributed by atoms with Crippen LogP contribution in [0.5, 0.6) is 0 Å². The van der Waals surface area contributed by atoms with E-state index in [-0.39, 0.29) is 5.91 Å². The highest BCUT2D eigenvalue weighted by atomic mass is 16.1. The molecule has 0 unspecified atom stereocenters. The minimum absolute atomic E-state index is 0.131. The van der Waals surface area contributed by atoms with Gasteiger partial charge in [0.15, 0.2) is 11.6 Å². The zero-order valence-electron chi connectivity index (χ0n) is 12.7. The van der Waals surface area contributed by atoms with E-state index in [1.165, 1.54) is 6.92 Å². The Balaban J connectivity index is 1.80. The summed E-state index contributed by atoms with van der Waals surface area (Å²) in [7, 11) is 0. The van der Waals surface area contributed by atoms with Gasteiger partial charge in [-0.15, -0.1) is 0 Å². The van der Waals surface area contributed by atoms with E-state index in [1.54, 1.807) is 0 Å². The van der Waals surface area contributed by atoms with Crippen molar-refractivity contribution in [2.45, 2.75) is 19.9 Å². The van der Waals surface area contributed by atoms with Gasteiger partial charge in [0, 0.05) is 36.9 Å². The Kier molecular flexibility index (Phi) is 3.15. The third kappa shape index (κ3) is 2.48. The van der Waals surface area contributed by atoms with Gasteiger partial charge in [0.25, 0.3) is 0 Å². The highest BCUT2D eigenvalue weighted by molar-refractivity contribution is 5.88. The maximum Gasteiger partial charge on any atom is 0.222 e. The Hall–Kier alpha value is -3.02. The van der Waals surface area contributed by atoms with Crippen LogP contribution in [0.1, 0.15) is 12.5 Å². The quantitative estimate of drug-likeness (QED) is 0.789. The first-order valence-electron chi connectivity index (χ1n) is 7.48. The molecule has 0 atom stereocenters. The van der Waals surface area contributed by atoms with Gasteiger partial charge in [-0.25, -0.2) is 9.97 Å². The average Bonchev–Trinajstić information content (AvgIpc) is 2.97. The molecular weight excluding hydrogens is 290 g/mol. The third-order valence-electron chi connectivity index (χ3n) is 3.82. The van der Waals surface area contributed by atoms with Crippen molar-refractivity contribution in [2.75, 3.05) is 5.32 Å². The number of carbonyl (C=O) groups excluding carboxylic acids is 1. The van der Waals surface area contributed by atoms with Gasteiger partial charge in [0.05, 0.1) is 11.4 Å². The lowest BCUT2D eigenvalue weighted by molar-refractivity contribution is -0.114. The first-order chi connectivity index (χ1) is 11.2. The molecule has 1 aliphatic heterocycles. The van der Waals surface area contributed by atoms with Crippen LogP contribution in [0.3, 0.4) is 0 Å². The summed E-state index contributed by atoms with van der Waals surface area (Å²) in [5.74, 6) is 1.12. The number of nitrogens with one attached hydrogen (secondary N) is 1. The number of fused-ring (bicyclic) bond motifs is 3. The predicted molar refractivity (Wildman–Crippen MR) is 86.7 cm³/mol. The van der Waals surface area contributed by atoms with Crippen LogP contribution in [-0.2, 0) is 17.8 Å². The molecule has 0 radical (unpaired) electrons. The first kappa shape index (κ1) is 13.6. The van der Waals surface area contributed by atoms with Gasteiger partial charge in [-0.2, -0.15) is 5.10 Å². The largest absolute Gasteiger partial charge is 0.309 e. The maximum absolute atomic E-state index is 11.2. The van der Waals surface area contributed by atoms with Gasteiger partial charge in [-0.1, -0.05) is 30.3 Å². The summed E-state index contributed by atoms with van der Waals surface area (Å²) in [6.07, 6.45) is 2.72. The summed E-state index contributed by atoms with van der Waals surface area (Å²) >= 11 is 0. The molecule has 0 aliphatic carbocycles. The number of amides is 1. The van der Waals surface area contributed by atoms with E-state index in [1.807, 2.05) is 47.3 Å². The number of carbonyl (C=O) groups is 1. The Labute approximate surface area is 133 Å². The molecule has 0 fully saturated rings. The zero-order chi connectivity index (χ0) is 15.8. The number of nitrogens with zero attached hydrogens (tertiary/aromatic N) is 4. The van der Waals surface area contributed by atoms with E-state index < -0.39 is 0 Å². The summed E-state index contributed by atoms with van der Waals surface area (Å²) in [6.45, 7) is 2.23. The average molecular weight is 305 g/mol. The van der Waals surface area contributed by atoms with Crippen molar-refractivity contribution in [2.24, 2.45) is 0 Å². The molecule has 3 aromatic rings. The van der Waals surface area contributed by atoms with E-state index in [0.29, 0.717) is 11.6 Å². The van der Waals surface area contributed by atoms with E-state index in [2.05, 4.69) is 15.4 Å². The molecule has 23 heavy (non-hydrogen) atoms. The second kappa shape index (κ2) is 5.31. The van der Waals surface area contributed by atoms with Gasteiger partial charge in [-0.3, -0.25) is 9.48 Å². The molecule has 1 aromatic carbocycles. The van der Waals surface area contributed by atoms with Gasteiger partial charge < -0.3 is 5.32 Å². The van der Waals surface area contributed by atoms with Crippen LogP contribution >= 0.6 is 0 Å². The van der Waals surface area contributed by atoms with Crippen molar-refractivity contribution < 1.29 is 4.79 Å². The molecular formula is C17H15N5O. The molecule has 3 heterocycles. The van der Waals surface area contributed by atoms with Gasteiger partial charge in [-0.05, 0) is 6.42 Å². The third-order valence-corrected chi connectivity index (χ3v) is 3.82. The second-order valence-corrected chi connectivity index (χ2v) is 5.50. The van der Waals surface area contributed by atoms with Crippen molar-refractivity contribution in [1.29, 1.82) is 0 Å². The topological polar surface area (TPSA) is 72.7 Å². The highest BCUT2D eigenvalue weighted by Gasteiger charge is 2.21. The van der Waals surface area contributed by atoms with Gasteiger partial charge in [0.2, 0.25) is 5.91 Å². The fourth-order valence-corrected chi connectivity index (χ4v) is 2.78. The van der Waals surface area contributed by atoms with Crippen LogP contribution < -0.4 is 5.32 Å². The molecule has 0 bridgehead atoms. The summed E-state index contributed by atoms with van der Waals surface area (Å²) in [5, 5.41) is 7.14. The number of anilines is 1. The minimum Gasteiger partial charge on any atom is -0.309 e. The monoisotopic (exact) mass is 305 g/mol. The number of aryl methyl sites for hydroxylation is 2. The summed E-state index contributed by atoms with van der Waals surface area (Å²) < 4.78 is 1.88. The van der Waals surface area contributed by atoms with E-state index in [0.717, 1.165) is 35.5 Å². The number of hydrogen-bond acceptors (Lipinski definition) is 4. The smallest absolute Gasteiger partial charge is 0.222 e. The molecule has 4 rings (SSSR count). The Morgan fingerprint density at radius 1 is 1.26 bits per heavy atom.